The van der Waals surface area contributed by atoms with Gasteiger partial charge in [0.1, 0.15) is 0 Å². The quantitative estimate of drug-likeness (QED) is 0.181. The van der Waals surface area contributed by atoms with Crippen molar-refractivity contribution in [1.29, 1.82) is 0 Å². The van der Waals surface area contributed by atoms with E-state index in [4.69, 9.17) is 0 Å². The van der Waals surface area contributed by atoms with Crippen LogP contribution in [-0.2, 0) is 5.41 Å². The maximum absolute atomic E-state index is 2.42. The van der Waals surface area contributed by atoms with Gasteiger partial charge in [0.25, 0.3) is 0 Å². The van der Waals surface area contributed by atoms with Crippen LogP contribution >= 0.6 is 0 Å². The van der Waals surface area contributed by atoms with E-state index in [0.717, 1.165) is 0 Å². The Morgan fingerprint density at radius 2 is 0.652 bits per heavy atom. The van der Waals surface area contributed by atoms with E-state index in [1.165, 1.54) is 72.3 Å². The summed E-state index contributed by atoms with van der Waals surface area (Å²) >= 11 is 0. The molecule has 0 saturated carbocycles. The smallest absolute Gasteiger partial charge is 0.00143 e. The molecule has 46 heavy (non-hydrogen) atoms. The van der Waals surface area contributed by atoms with E-state index >= 15 is 0 Å². The lowest BCUT2D eigenvalue weighted by molar-refractivity contribution is 0.590. The highest BCUT2D eigenvalue weighted by Gasteiger charge is 2.23. The van der Waals surface area contributed by atoms with Gasteiger partial charge in [0.15, 0.2) is 0 Å². The fourth-order valence-electron chi connectivity index (χ4n) is 6.47. The molecule has 0 spiro atoms. The number of hydrogen-bond acceptors (Lipinski definition) is 0. The van der Waals surface area contributed by atoms with Crippen LogP contribution in [0.2, 0.25) is 0 Å². The predicted octanol–water partition coefficient (Wildman–Crippen LogP) is 13.0. The van der Waals surface area contributed by atoms with E-state index in [9.17, 15) is 0 Å². The molecule has 7 aromatic rings. The zero-order valence-electron chi connectivity index (χ0n) is 26.7. The van der Waals surface area contributed by atoms with Crippen LogP contribution in [0.1, 0.15) is 26.3 Å². The van der Waals surface area contributed by atoms with Crippen LogP contribution in [0, 0.1) is 0 Å². The number of hydrogen-bond donors (Lipinski definition) is 0. The molecule has 0 radical (unpaired) electrons. The van der Waals surface area contributed by atoms with Crippen LogP contribution in [0.25, 0.3) is 66.8 Å². The standard InChI is InChI=1S/C46H38/c1-46(2,3)40-26-16-25-39(31-40)33-27-29-35(30-28-33)42-32-41(34-17-8-4-9-18-34)43(36-19-10-5-11-20-36)45(38-23-14-7-15-24-38)44(42)37-21-12-6-13-22-37/h4-32H,1-3H3. The summed E-state index contributed by atoms with van der Waals surface area (Å²) in [5.41, 5.74) is 16.1. The summed E-state index contributed by atoms with van der Waals surface area (Å²) in [5, 5.41) is 0. The van der Waals surface area contributed by atoms with Crippen LogP contribution in [0.15, 0.2) is 176 Å². The Bertz CT molecular complexity index is 2070. The Kier molecular flexibility index (Phi) is 7.95. The van der Waals surface area contributed by atoms with Gasteiger partial charge in [-0.3, -0.25) is 0 Å². The van der Waals surface area contributed by atoms with Crippen LogP contribution in [0.4, 0.5) is 0 Å². The maximum Gasteiger partial charge on any atom is -0.00143 e. The number of rotatable bonds is 6. The molecule has 0 N–H and O–H groups in total. The van der Waals surface area contributed by atoms with E-state index in [0.29, 0.717) is 0 Å². The lowest BCUT2D eigenvalue weighted by Gasteiger charge is -2.24. The van der Waals surface area contributed by atoms with Crippen molar-refractivity contribution in [2.24, 2.45) is 0 Å². The molecule has 0 aliphatic rings. The average Bonchev–Trinajstić information content (AvgIpc) is 3.12. The molecule has 0 heteroatoms. The highest BCUT2D eigenvalue weighted by molar-refractivity contribution is 6.07. The molecule has 7 aromatic carbocycles. The van der Waals surface area contributed by atoms with Gasteiger partial charge in [0, 0.05) is 0 Å². The van der Waals surface area contributed by atoms with Crippen LogP contribution in [-0.4, -0.2) is 0 Å². The van der Waals surface area contributed by atoms with Crippen molar-refractivity contribution in [2.45, 2.75) is 26.2 Å². The highest BCUT2D eigenvalue weighted by atomic mass is 14.3. The first-order valence-electron chi connectivity index (χ1n) is 16.1. The van der Waals surface area contributed by atoms with Crippen molar-refractivity contribution < 1.29 is 0 Å². The van der Waals surface area contributed by atoms with Crippen molar-refractivity contribution in [1.82, 2.24) is 0 Å². The van der Waals surface area contributed by atoms with Crippen molar-refractivity contribution in [2.75, 3.05) is 0 Å². The summed E-state index contributed by atoms with van der Waals surface area (Å²) in [7, 11) is 0. The molecule has 7 rings (SSSR count). The second-order valence-corrected chi connectivity index (χ2v) is 13.0. The number of benzene rings is 7. The second kappa shape index (κ2) is 12.5. The molecule has 0 aliphatic carbocycles. The first kappa shape index (κ1) is 29.3. The minimum atomic E-state index is 0.0999. The molecule has 0 aliphatic heterocycles. The molecule has 0 saturated heterocycles. The van der Waals surface area contributed by atoms with E-state index < -0.39 is 0 Å². The predicted molar refractivity (Wildman–Crippen MR) is 198 cm³/mol. The Morgan fingerprint density at radius 3 is 1.11 bits per heavy atom. The maximum atomic E-state index is 2.42. The lowest BCUT2D eigenvalue weighted by Crippen LogP contribution is -2.10. The van der Waals surface area contributed by atoms with Crippen LogP contribution in [0.3, 0.4) is 0 Å². The molecule has 0 aromatic heterocycles. The highest BCUT2D eigenvalue weighted by Crippen LogP contribution is 2.50. The van der Waals surface area contributed by atoms with E-state index in [1.807, 2.05) is 0 Å². The zero-order valence-corrected chi connectivity index (χ0v) is 26.7. The minimum absolute atomic E-state index is 0.0999. The summed E-state index contributed by atoms with van der Waals surface area (Å²) in [4.78, 5) is 0. The Balaban J connectivity index is 1.54. The summed E-state index contributed by atoms with van der Waals surface area (Å²) in [6.45, 7) is 6.82. The Labute approximate surface area is 273 Å². The normalized spacial score (nSPS) is 11.4. The molecule has 0 nitrogen and oxygen atoms in total. The zero-order chi connectivity index (χ0) is 31.5. The molecule has 0 amide bonds. The van der Waals surface area contributed by atoms with Gasteiger partial charge >= 0.3 is 0 Å². The Hall–Kier alpha value is -5.46. The molecule has 222 valence electrons. The largest absolute Gasteiger partial charge is 0.0622 e. The van der Waals surface area contributed by atoms with E-state index in [2.05, 4.69) is 197 Å². The van der Waals surface area contributed by atoms with E-state index in [1.54, 1.807) is 0 Å². The third kappa shape index (κ3) is 5.83. The summed E-state index contributed by atoms with van der Waals surface area (Å²) in [6.07, 6.45) is 0. The minimum Gasteiger partial charge on any atom is -0.0622 e. The molecule has 0 fully saturated rings. The van der Waals surface area contributed by atoms with Crippen molar-refractivity contribution in [3.63, 3.8) is 0 Å². The van der Waals surface area contributed by atoms with Gasteiger partial charge in [0.05, 0.1) is 0 Å². The van der Waals surface area contributed by atoms with Gasteiger partial charge < -0.3 is 0 Å². The van der Waals surface area contributed by atoms with Gasteiger partial charge in [-0.25, -0.2) is 0 Å². The van der Waals surface area contributed by atoms with Crippen molar-refractivity contribution in [3.8, 4) is 66.8 Å². The van der Waals surface area contributed by atoms with Gasteiger partial charge in [-0.2, -0.15) is 0 Å². The summed E-state index contributed by atoms with van der Waals surface area (Å²) in [5.74, 6) is 0. The SMILES string of the molecule is CC(C)(C)c1cccc(-c2ccc(-c3cc(-c4ccccc4)c(-c4ccccc4)c(-c4ccccc4)c3-c3ccccc3)cc2)c1. The van der Waals surface area contributed by atoms with Crippen LogP contribution in [0.5, 0.6) is 0 Å². The van der Waals surface area contributed by atoms with E-state index in [-0.39, 0.29) is 5.41 Å². The summed E-state index contributed by atoms with van der Waals surface area (Å²) < 4.78 is 0. The molecule has 0 heterocycles. The summed E-state index contributed by atoms with van der Waals surface area (Å²) in [6, 6.07) is 64.0. The fraction of sp³-hybridized carbons (Fsp3) is 0.0870. The van der Waals surface area contributed by atoms with Gasteiger partial charge in [0.2, 0.25) is 0 Å². The van der Waals surface area contributed by atoms with Gasteiger partial charge in [-0.05, 0) is 83.8 Å². The van der Waals surface area contributed by atoms with Gasteiger partial charge in [-0.1, -0.05) is 191 Å². The monoisotopic (exact) mass is 590 g/mol. The van der Waals surface area contributed by atoms with Crippen LogP contribution < -0.4 is 0 Å². The topological polar surface area (TPSA) is 0 Å². The molecule has 0 bridgehead atoms. The lowest BCUT2D eigenvalue weighted by atomic mass is 9.79. The second-order valence-electron chi connectivity index (χ2n) is 13.0. The third-order valence-corrected chi connectivity index (χ3v) is 8.86. The molecule has 0 atom stereocenters. The van der Waals surface area contributed by atoms with Crippen molar-refractivity contribution in [3.05, 3.63) is 181 Å². The molecule has 0 unspecified atom stereocenters. The first-order chi connectivity index (χ1) is 22.5. The molecular formula is C46H38. The average molecular weight is 591 g/mol. The van der Waals surface area contributed by atoms with Gasteiger partial charge in [-0.15, -0.1) is 0 Å². The fourth-order valence-corrected chi connectivity index (χ4v) is 6.47. The molecular weight excluding hydrogens is 553 g/mol. The first-order valence-corrected chi connectivity index (χ1v) is 16.1. The van der Waals surface area contributed by atoms with Crippen molar-refractivity contribution >= 4 is 0 Å². The third-order valence-electron chi connectivity index (χ3n) is 8.86. The Morgan fingerprint density at radius 1 is 0.283 bits per heavy atom.